The van der Waals surface area contributed by atoms with Gasteiger partial charge in [-0.3, -0.25) is 14.7 Å². The van der Waals surface area contributed by atoms with Crippen molar-refractivity contribution in [3.05, 3.63) is 41.8 Å². The van der Waals surface area contributed by atoms with Gasteiger partial charge in [-0.1, -0.05) is 12.1 Å². The second-order valence-electron chi connectivity index (χ2n) is 5.22. The van der Waals surface area contributed by atoms with E-state index < -0.39 is 17.7 Å². The number of aromatic amines is 1. The Morgan fingerprint density at radius 3 is 2.82 bits per heavy atom. The summed E-state index contributed by atoms with van der Waals surface area (Å²) in [5, 5.41) is 15.5. The van der Waals surface area contributed by atoms with Gasteiger partial charge in [0.2, 0.25) is 0 Å². The first kappa shape index (κ1) is 14.2. The van der Waals surface area contributed by atoms with Crippen LogP contribution < -0.4 is 0 Å². The highest BCUT2D eigenvalue weighted by atomic mass is 19.1. The maximum absolute atomic E-state index is 13.7. The molecule has 1 unspecified atom stereocenters. The molecule has 1 atom stereocenters. The van der Waals surface area contributed by atoms with Gasteiger partial charge < -0.3 is 10.0 Å². The average molecular weight is 303 g/mol. The Hall–Kier alpha value is -2.70. The number of carboxylic acids is 1. The van der Waals surface area contributed by atoms with E-state index >= 15 is 0 Å². The first-order chi connectivity index (χ1) is 10.6. The Morgan fingerprint density at radius 2 is 2.14 bits per heavy atom. The molecule has 3 rings (SSSR count). The molecular formula is C15H14FN3O3. The van der Waals surface area contributed by atoms with Crippen LogP contribution in [-0.4, -0.2) is 45.2 Å². The molecule has 1 saturated heterocycles. The Bertz CT molecular complexity index is 728. The predicted octanol–water partition coefficient (Wildman–Crippen LogP) is 1.76. The molecule has 7 heteroatoms. The summed E-state index contributed by atoms with van der Waals surface area (Å²) < 4.78 is 13.7. The van der Waals surface area contributed by atoms with E-state index in [-0.39, 0.29) is 18.1 Å². The number of carbonyl (C=O) groups is 2. The minimum absolute atomic E-state index is 0.183. The maximum atomic E-state index is 13.7. The fourth-order valence-corrected chi connectivity index (χ4v) is 2.55. The zero-order valence-corrected chi connectivity index (χ0v) is 11.6. The van der Waals surface area contributed by atoms with Crippen molar-refractivity contribution in [2.45, 2.75) is 6.42 Å². The number of carboxylic acid groups (broad SMARTS) is 1. The number of aromatic nitrogens is 2. The zero-order chi connectivity index (χ0) is 15.7. The van der Waals surface area contributed by atoms with E-state index in [0.717, 1.165) is 0 Å². The van der Waals surface area contributed by atoms with Crippen LogP contribution in [0.2, 0.25) is 0 Å². The van der Waals surface area contributed by atoms with Gasteiger partial charge in [-0.05, 0) is 24.6 Å². The van der Waals surface area contributed by atoms with Gasteiger partial charge >= 0.3 is 5.97 Å². The summed E-state index contributed by atoms with van der Waals surface area (Å²) in [5.41, 5.74) is 0.877. The van der Waals surface area contributed by atoms with Crippen molar-refractivity contribution < 1.29 is 19.1 Å². The normalized spacial score (nSPS) is 17.7. The van der Waals surface area contributed by atoms with Gasteiger partial charge in [0, 0.05) is 18.7 Å². The number of H-pyrrole nitrogens is 1. The smallest absolute Gasteiger partial charge is 0.308 e. The number of amides is 1. The lowest BCUT2D eigenvalue weighted by Gasteiger charge is -2.13. The molecule has 0 radical (unpaired) electrons. The van der Waals surface area contributed by atoms with Crippen LogP contribution in [0.4, 0.5) is 4.39 Å². The second kappa shape index (κ2) is 5.59. The third-order valence-corrected chi connectivity index (χ3v) is 3.78. The summed E-state index contributed by atoms with van der Waals surface area (Å²) in [6, 6.07) is 7.65. The van der Waals surface area contributed by atoms with Gasteiger partial charge in [0.25, 0.3) is 5.91 Å². The first-order valence-corrected chi connectivity index (χ1v) is 6.88. The number of benzene rings is 1. The Kier molecular flexibility index (Phi) is 3.62. The van der Waals surface area contributed by atoms with Crippen molar-refractivity contribution in [3.63, 3.8) is 0 Å². The molecule has 22 heavy (non-hydrogen) atoms. The fraction of sp³-hybridized carbons (Fsp3) is 0.267. The Labute approximate surface area is 125 Å². The van der Waals surface area contributed by atoms with E-state index in [0.29, 0.717) is 24.2 Å². The number of rotatable bonds is 3. The van der Waals surface area contributed by atoms with Crippen LogP contribution >= 0.6 is 0 Å². The van der Waals surface area contributed by atoms with Crippen molar-refractivity contribution in [2.24, 2.45) is 5.92 Å². The highest BCUT2D eigenvalue weighted by molar-refractivity contribution is 5.94. The number of aliphatic carboxylic acids is 1. The molecule has 0 aliphatic carbocycles. The number of hydrogen-bond donors (Lipinski definition) is 2. The van der Waals surface area contributed by atoms with E-state index in [1.165, 1.54) is 17.0 Å². The molecule has 0 bridgehead atoms. The molecule has 6 nitrogen and oxygen atoms in total. The van der Waals surface area contributed by atoms with Gasteiger partial charge in [-0.2, -0.15) is 5.10 Å². The van der Waals surface area contributed by atoms with Gasteiger partial charge in [-0.15, -0.1) is 0 Å². The third-order valence-electron chi connectivity index (χ3n) is 3.78. The molecule has 2 heterocycles. The standard InChI is InChI=1S/C15H14FN3O3/c16-11-4-2-1-3-10(11)12-7-13(18-17-12)14(20)19-6-5-9(8-19)15(21)22/h1-4,7,9H,5-6,8H2,(H,17,18)(H,21,22). The van der Waals surface area contributed by atoms with Crippen LogP contribution in [0.15, 0.2) is 30.3 Å². The lowest BCUT2D eigenvalue weighted by Crippen LogP contribution is -2.30. The number of nitrogens with one attached hydrogen (secondary N) is 1. The summed E-state index contributed by atoms with van der Waals surface area (Å²) in [6.07, 6.45) is 0.440. The van der Waals surface area contributed by atoms with Crippen molar-refractivity contribution in [2.75, 3.05) is 13.1 Å². The van der Waals surface area contributed by atoms with Crippen LogP contribution in [0.5, 0.6) is 0 Å². The molecule has 2 aromatic rings. The number of carbonyl (C=O) groups excluding carboxylic acids is 1. The molecule has 1 aliphatic heterocycles. The largest absolute Gasteiger partial charge is 0.481 e. The predicted molar refractivity (Wildman–Crippen MR) is 75.6 cm³/mol. The number of likely N-dealkylation sites (tertiary alicyclic amines) is 1. The van der Waals surface area contributed by atoms with E-state index in [1.54, 1.807) is 18.2 Å². The van der Waals surface area contributed by atoms with Crippen LogP contribution in [0.1, 0.15) is 16.9 Å². The lowest BCUT2D eigenvalue weighted by atomic mass is 10.1. The summed E-state index contributed by atoms with van der Waals surface area (Å²) in [4.78, 5) is 24.7. The molecule has 1 amide bonds. The summed E-state index contributed by atoms with van der Waals surface area (Å²) in [6.45, 7) is 0.575. The van der Waals surface area contributed by atoms with E-state index in [1.807, 2.05) is 0 Å². The molecule has 1 aromatic carbocycles. The Morgan fingerprint density at radius 1 is 1.36 bits per heavy atom. The summed E-state index contributed by atoms with van der Waals surface area (Å²) in [5.74, 6) is -2.16. The number of hydrogen-bond acceptors (Lipinski definition) is 3. The number of halogens is 1. The van der Waals surface area contributed by atoms with Crippen molar-refractivity contribution in [3.8, 4) is 11.3 Å². The van der Waals surface area contributed by atoms with Gasteiger partial charge in [0.15, 0.2) is 0 Å². The molecule has 0 spiro atoms. The minimum Gasteiger partial charge on any atom is -0.481 e. The maximum Gasteiger partial charge on any atom is 0.308 e. The molecular weight excluding hydrogens is 289 g/mol. The van der Waals surface area contributed by atoms with E-state index in [4.69, 9.17) is 5.11 Å². The van der Waals surface area contributed by atoms with Crippen molar-refractivity contribution >= 4 is 11.9 Å². The highest BCUT2D eigenvalue weighted by Crippen LogP contribution is 2.23. The van der Waals surface area contributed by atoms with Crippen LogP contribution in [-0.2, 0) is 4.79 Å². The van der Waals surface area contributed by atoms with Crippen LogP contribution in [0.25, 0.3) is 11.3 Å². The second-order valence-corrected chi connectivity index (χ2v) is 5.22. The fourth-order valence-electron chi connectivity index (χ4n) is 2.55. The molecule has 1 aliphatic rings. The molecule has 114 valence electrons. The monoisotopic (exact) mass is 303 g/mol. The van der Waals surface area contributed by atoms with Crippen LogP contribution in [0.3, 0.4) is 0 Å². The third kappa shape index (κ3) is 2.57. The highest BCUT2D eigenvalue weighted by Gasteiger charge is 2.32. The molecule has 1 fully saturated rings. The van der Waals surface area contributed by atoms with Gasteiger partial charge in [0.1, 0.15) is 11.5 Å². The SMILES string of the molecule is O=C(O)C1CCN(C(=O)c2cc(-c3ccccc3F)n[nH]2)C1. The Balaban J connectivity index is 1.78. The average Bonchev–Trinajstić information content (AvgIpc) is 3.17. The topological polar surface area (TPSA) is 86.3 Å². The van der Waals surface area contributed by atoms with Crippen molar-refractivity contribution in [1.82, 2.24) is 15.1 Å². The van der Waals surface area contributed by atoms with Crippen molar-refractivity contribution in [1.29, 1.82) is 0 Å². The summed E-state index contributed by atoms with van der Waals surface area (Å²) >= 11 is 0. The number of nitrogens with zero attached hydrogens (tertiary/aromatic N) is 2. The lowest BCUT2D eigenvalue weighted by molar-refractivity contribution is -0.141. The first-order valence-electron chi connectivity index (χ1n) is 6.88. The minimum atomic E-state index is -0.896. The zero-order valence-electron chi connectivity index (χ0n) is 11.6. The van der Waals surface area contributed by atoms with Gasteiger partial charge in [0.05, 0.1) is 11.6 Å². The molecule has 1 aromatic heterocycles. The quantitative estimate of drug-likeness (QED) is 0.904. The van der Waals surface area contributed by atoms with E-state index in [9.17, 15) is 14.0 Å². The van der Waals surface area contributed by atoms with Gasteiger partial charge in [-0.25, -0.2) is 4.39 Å². The summed E-state index contributed by atoms with van der Waals surface area (Å²) in [7, 11) is 0. The van der Waals surface area contributed by atoms with Crippen LogP contribution in [0, 0.1) is 11.7 Å². The van der Waals surface area contributed by atoms with E-state index in [2.05, 4.69) is 10.2 Å². The molecule has 2 N–H and O–H groups in total. The molecule has 0 saturated carbocycles.